The lowest BCUT2D eigenvalue weighted by Crippen LogP contribution is -2.41. The summed E-state index contributed by atoms with van der Waals surface area (Å²) in [7, 11) is 4.25. The van der Waals surface area contributed by atoms with Gasteiger partial charge in [0, 0.05) is 0 Å². The first-order valence-corrected chi connectivity index (χ1v) is 4.61. The van der Waals surface area contributed by atoms with Crippen molar-refractivity contribution in [3.8, 4) is 0 Å². The third-order valence-corrected chi connectivity index (χ3v) is 2.66. The lowest BCUT2D eigenvalue weighted by molar-refractivity contribution is -0.454. The highest BCUT2D eigenvalue weighted by Crippen LogP contribution is 2.25. The van der Waals surface area contributed by atoms with Crippen molar-refractivity contribution >= 4 is 6.34 Å². The molecule has 1 aliphatic heterocycles. The van der Waals surface area contributed by atoms with Crippen molar-refractivity contribution in [2.75, 3.05) is 14.1 Å². The normalized spacial score (nSPS) is 28.5. The van der Waals surface area contributed by atoms with Crippen LogP contribution in [0.1, 0.15) is 19.3 Å². The Kier molecular flexibility index (Phi) is 1.83. The van der Waals surface area contributed by atoms with Crippen molar-refractivity contribution in [2.45, 2.75) is 25.3 Å². The van der Waals surface area contributed by atoms with Gasteiger partial charge in [-0.15, -0.1) is 0 Å². The molecule has 12 heavy (non-hydrogen) atoms. The Bertz CT molecular complexity index is 240. The highest BCUT2D eigenvalue weighted by atomic mass is 15.2. The molecule has 0 bridgehead atoms. The second kappa shape index (κ2) is 2.85. The average Bonchev–Trinajstić information content (AvgIpc) is 2.04. The van der Waals surface area contributed by atoms with E-state index in [9.17, 15) is 0 Å². The first kappa shape index (κ1) is 7.71. The molecule has 1 atom stereocenters. The van der Waals surface area contributed by atoms with Crippen molar-refractivity contribution < 1.29 is 4.58 Å². The zero-order valence-electron chi connectivity index (χ0n) is 7.83. The topological polar surface area (TPSA) is 6.25 Å². The molecule has 2 heteroatoms. The Morgan fingerprint density at radius 2 is 2.50 bits per heavy atom. The molecule has 66 valence electrons. The number of nitrogens with zero attached hydrogens (tertiary/aromatic N) is 2. The van der Waals surface area contributed by atoms with Crippen LogP contribution in [-0.4, -0.2) is 36.0 Å². The van der Waals surface area contributed by atoms with Gasteiger partial charge < -0.3 is 9.48 Å². The summed E-state index contributed by atoms with van der Waals surface area (Å²) in [6.45, 7) is 2.24. The third kappa shape index (κ3) is 1.22. The summed E-state index contributed by atoms with van der Waals surface area (Å²) in [6, 6.07) is 0.648. The third-order valence-electron chi connectivity index (χ3n) is 2.66. The van der Waals surface area contributed by atoms with Gasteiger partial charge in [-0.3, -0.25) is 0 Å². The van der Waals surface area contributed by atoms with Crippen molar-refractivity contribution in [2.24, 2.45) is 0 Å². The maximum Gasteiger partial charge on any atom is 0.144 e. The fourth-order valence-corrected chi connectivity index (χ4v) is 2.10. The van der Waals surface area contributed by atoms with Gasteiger partial charge in [-0.2, -0.15) is 6.08 Å². The number of allylic oxidation sites excluding steroid dienone is 1. The van der Waals surface area contributed by atoms with Crippen LogP contribution in [-0.2, 0) is 0 Å². The van der Waals surface area contributed by atoms with Gasteiger partial charge in [0.05, 0.1) is 20.1 Å². The lowest BCUT2D eigenvalue weighted by atomic mass is 9.92. The molecule has 0 saturated heterocycles. The largest absolute Gasteiger partial charge is 0.348 e. The van der Waals surface area contributed by atoms with Gasteiger partial charge in [-0.05, 0) is 13.0 Å². The number of likely N-dealkylation sites (N-methyl/N-ethyl adjacent to an activating group) is 2. The zero-order chi connectivity index (χ0) is 8.55. The Balaban J connectivity index is 2.25. The quantitative estimate of drug-likeness (QED) is 0.386. The molecule has 1 unspecified atom stereocenters. The summed E-state index contributed by atoms with van der Waals surface area (Å²) in [4.78, 5) is 2.31. The molecular weight excluding hydrogens is 148 g/mol. The van der Waals surface area contributed by atoms with E-state index in [2.05, 4.69) is 42.5 Å². The van der Waals surface area contributed by atoms with Crippen LogP contribution in [0, 0.1) is 6.54 Å². The first-order valence-electron chi connectivity index (χ1n) is 4.61. The van der Waals surface area contributed by atoms with Crippen LogP contribution in [0.4, 0.5) is 0 Å². The van der Waals surface area contributed by atoms with Crippen molar-refractivity contribution in [3.63, 3.8) is 0 Å². The van der Waals surface area contributed by atoms with Crippen LogP contribution in [0.3, 0.4) is 0 Å². The van der Waals surface area contributed by atoms with Gasteiger partial charge in [-0.25, -0.2) is 0 Å². The molecule has 2 aliphatic rings. The van der Waals surface area contributed by atoms with E-state index in [4.69, 9.17) is 0 Å². The summed E-state index contributed by atoms with van der Waals surface area (Å²) < 4.78 is 2.13. The van der Waals surface area contributed by atoms with Gasteiger partial charge in [0.25, 0.3) is 0 Å². The van der Waals surface area contributed by atoms with Gasteiger partial charge in [-0.1, -0.05) is 18.4 Å². The molecule has 0 fully saturated rings. The molecule has 0 aromatic rings. The minimum atomic E-state index is 0.648. The molecule has 0 radical (unpaired) electrons. The van der Waals surface area contributed by atoms with E-state index in [0.29, 0.717) is 6.04 Å². The van der Waals surface area contributed by atoms with Crippen molar-refractivity contribution in [1.82, 2.24) is 4.90 Å². The van der Waals surface area contributed by atoms with E-state index < -0.39 is 0 Å². The van der Waals surface area contributed by atoms with Crippen molar-refractivity contribution in [3.05, 3.63) is 18.2 Å². The van der Waals surface area contributed by atoms with Gasteiger partial charge >= 0.3 is 0 Å². The maximum absolute atomic E-state index is 2.37. The van der Waals surface area contributed by atoms with Crippen LogP contribution in [0.5, 0.6) is 0 Å². The molecule has 0 spiro atoms. The Morgan fingerprint density at radius 3 is 3.33 bits per heavy atom. The second-order valence-corrected chi connectivity index (χ2v) is 3.73. The molecule has 0 amide bonds. The Morgan fingerprint density at radius 1 is 1.67 bits per heavy atom. The number of rotatable bonds is 0. The molecule has 1 aliphatic carbocycles. The number of hydrogen-bond acceptors (Lipinski definition) is 1. The SMILES string of the molecule is CN1C=[N+](C)[CH-]C2=CCCCC21. The predicted octanol–water partition coefficient (Wildman–Crippen LogP) is 1.24. The summed E-state index contributed by atoms with van der Waals surface area (Å²) in [5.41, 5.74) is 1.49. The summed E-state index contributed by atoms with van der Waals surface area (Å²) in [5, 5.41) is 0. The number of fused-ring (bicyclic) bond motifs is 1. The second-order valence-electron chi connectivity index (χ2n) is 3.73. The summed E-state index contributed by atoms with van der Waals surface area (Å²) in [5.74, 6) is 0. The van der Waals surface area contributed by atoms with E-state index in [1.165, 1.54) is 24.8 Å². The maximum atomic E-state index is 2.37. The standard InChI is InChI=1S/C10H16N2/c1-11-7-9-5-3-4-6-10(9)12(2)8-11/h5,7-8,10H,3-4,6H2,1-2H3. The fraction of sp³-hybridized carbons (Fsp3) is 0.600. The van der Waals surface area contributed by atoms with Crippen LogP contribution in [0.15, 0.2) is 11.6 Å². The van der Waals surface area contributed by atoms with Gasteiger partial charge in [0.15, 0.2) is 0 Å². The smallest absolute Gasteiger partial charge is 0.144 e. The highest BCUT2D eigenvalue weighted by molar-refractivity contribution is 5.53. The highest BCUT2D eigenvalue weighted by Gasteiger charge is 2.23. The molecular formula is C10H16N2. The fourth-order valence-electron chi connectivity index (χ4n) is 2.10. The van der Waals surface area contributed by atoms with E-state index in [-0.39, 0.29) is 0 Å². The summed E-state index contributed by atoms with van der Waals surface area (Å²) >= 11 is 0. The van der Waals surface area contributed by atoms with E-state index >= 15 is 0 Å². The van der Waals surface area contributed by atoms with Crippen LogP contribution in [0.2, 0.25) is 0 Å². The molecule has 0 saturated carbocycles. The predicted molar refractivity (Wildman–Crippen MR) is 50.0 cm³/mol. The molecule has 0 aromatic carbocycles. The first-order chi connectivity index (χ1) is 5.77. The number of hydrogen-bond donors (Lipinski definition) is 0. The van der Waals surface area contributed by atoms with Crippen LogP contribution >= 0.6 is 0 Å². The minimum Gasteiger partial charge on any atom is -0.348 e. The lowest BCUT2D eigenvalue weighted by Gasteiger charge is -2.36. The molecule has 0 aromatic heterocycles. The van der Waals surface area contributed by atoms with E-state index in [1.54, 1.807) is 0 Å². The Hall–Kier alpha value is -0.920. The molecule has 0 N–H and O–H groups in total. The van der Waals surface area contributed by atoms with Crippen LogP contribution < -0.4 is 0 Å². The Labute approximate surface area is 74.2 Å². The molecule has 2 rings (SSSR count). The van der Waals surface area contributed by atoms with Gasteiger partial charge in [0.1, 0.15) is 6.34 Å². The average molecular weight is 164 g/mol. The molecule has 1 heterocycles. The minimum absolute atomic E-state index is 0.648. The van der Waals surface area contributed by atoms with E-state index in [0.717, 1.165) is 0 Å². The van der Waals surface area contributed by atoms with E-state index in [1.807, 2.05) is 0 Å². The zero-order valence-corrected chi connectivity index (χ0v) is 7.83. The van der Waals surface area contributed by atoms with Gasteiger partial charge in [0.2, 0.25) is 0 Å². The van der Waals surface area contributed by atoms with Crippen molar-refractivity contribution in [1.29, 1.82) is 0 Å². The monoisotopic (exact) mass is 164 g/mol. The van der Waals surface area contributed by atoms with Crippen LogP contribution in [0.25, 0.3) is 0 Å². The summed E-state index contributed by atoms with van der Waals surface area (Å²) in [6.07, 6.45) is 8.43. The molecule has 2 nitrogen and oxygen atoms in total.